The fraction of sp³-hybridized carbons (Fsp3) is 0.750. The third-order valence-corrected chi connectivity index (χ3v) is 1.45. The molecule has 0 aliphatic rings. The number of hydrogen-bond donors (Lipinski definition) is 2. The van der Waals surface area contributed by atoms with Crippen LogP contribution < -0.4 is 11.5 Å². The number of nitrogens with two attached hydrogens (primary N) is 2. The summed E-state index contributed by atoms with van der Waals surface area (Å²) in [6, 6.07) is 0. The summed E-state index contributed by atoms with van der Waals surface area (Å²) in [5.74, 6) is 0. The molecule has 0 aromatic carbocycles. The summed E-state index contributed by atoms with van der Waals surface area (Å²) in [6.07, 6.45) is 6.88. The Morgan fingerprint density at radius 3 is 2.60 bits per heavy atom. The van der Waals surface area contributed by atoms with Crippen LogP contribution in [0.3, 0.4) is 0 Å². The second-order valence-electron chi connectivity index (χ2n) is 2.48. The summed E-state index contributed by atoms with van der Waals surface area (Å²) in [5.41, 5.74) is 11.6. The fourth-order valence-corrected chi connectivity index (χ4v) is 0.765. The highest BCUT2D eigenvalue weighted by molar-refractivity contribution is 4.96. The lowest BCUT2D eigenvalue weighted by Crippen LogP contribution is -2.10. The Bertz CT molecular complexity index is 97.4. The van der Waals surface area contributed by atoms with Gasteiger partial charge < -0.3 is 11.5 Å². The van der Waals surface area contributed by atoms with E-state index in [2.05, 4.69) is 6.92 Å². The maximum Gasteiger partial charge on any atom is 0.0323 e. The first-order chi connectivity index (χ1) is 4.81. The summed E-state index contributed by atoms with van der Waals surface area (Å²) >= 11 is 0. The van der Waals surface area contributed by atoms with Crippen LogP contribution in [-0.4, -0.2) is 6.54 Å². The Balaban J connectivity index is 3.16. The van der Waals surface area contributed by atoms with Gasteiger partial charge >= 0.3 is 0 Å². The molecule has 0 saturated heterocycles. The molecular formula is C8H18N2. The summed E-state index contributed by atoms with van der Waals surface area (Å²) in [7, 11) is 0. The smallest absolute Gasteiger partial charge is 0.0323 e. The highest BCUT2D eigenvalue weighted by Gasteiger charge is 1.84. The third kappa shape index (κ3) is 5.63. The van der Waals surface area contributed by atoms with E-state index in [9.17, 15) is 0 Å². The van der Waals surface area contributed by atoms with Gasteiger partial charge in [-0.25, -0.2) is 0 Å². The Kier molecular flexibility index (Phi) is 6.29. The van der Waals surface area contributed by atoms with Crippen molar-refractivity contribution in [3.8, 4) is 0 Å². The van der Waals surface area contributed by atoms with Crippen molar-refractivity contribution in [3.05, 3.63) is 11.8 Å². The molecule has 0 fully saturated rings. The standard InChI is InChI=1S/C8H18N2/c1-2-3-4-5-6-8(10)7-9/h6H,2-5,7,9-10H2,1H3. The second kappa shape index (κ2) is 6.62. The van der Waals surface area contributed by atoms with E-state index in [1.807, 2.05) is 6.08 Å². The molecule has 2 heteroatoms. The Hall–Kier alpha value is -0.500. The minimum absolute atomic E-state index is 0.492. The van der Waals surface area contributed by atoms with E-state index in [4.69, 9.17) is 11.5 Å². The minimum Gasteiger partial charge on any atom is -0.401 e. The summed E-state index contributed by atoms with van der Waals surface area (Å²) < 4.78 is 0. The molecule has 0 bridgehead atoms. The lowest BCUT2D eigenvalue weighted by molar-refractivity contribution is 0.726. The van der Waals surface area contributed by atoms with Crippen molar-refractivity contribution in [1.82, 2.24) is 0 Å². The first-order valence-electron chi connectivity index (χ1n) is 3.95. The van der Waals surface area contributed by atoms with Crippen LogP contribution in [0, 0.1) is 0 Å². The van der Waals surface area contributed by atoms with Crippen molar-refractivity contribution >= 4 is 0 Å². The van der Waals surface area contributed by atoms with Crippen LogP contribution in [0.2, 0.25) is 0 Å². The molecule has 0 unspecified atom stereocenters. The molecule has 0 radical (unpaired) electrons. The molecule has 0 aliphatic heterocycles. The van der Waals surface area contributed by atoms with Crippen LogP contribution in [0.5, 0.6) is 0 Å². The molecule has 0 aliphatic carbocycles. The Morgan fingerprint density at radius 1 is 1.40 bits per heavy atom. The predicted octanol–water partition coefficient (Wildman–Crippen LogP) is 1.37. The quantitative estimate of drug-likeness (QED) is 0.569. The molecule has 2 nitrogen and oxygen atoms in total. The molecular weight excluding hydrogens is 124 g/mol. The fourth-order valence-electron chi connectivity index (χ4n) is 0.765. The average molecular weight is 142 g/mol. The molecule has 0 aromatic heterocycles. The van der Waals surface area contributed by atoms with Crippen LogP contribution in [-0.2, 0) is 0 Å². The summed E-state index contributed by atoms with van der Waals surface area (Å²) in [5, 5.41) is 0. The van der Waals surface area contributed by atoms with Crippen molar-refractivity contribution < 1.29 is 0 Å². The van der Waals surface area contributed by atoms with E-state index in [1.54, 1.807) is 0 Å². The van der Waals surface area contributed by atoms with Crippen LogP contribution in [0.1, 0.15) is 32.6 Å². The van der Waals surface area contributed by atoms with Gasteiger partial charge in [-0.05, 0) is 12.8 Å². The van der Waals surface area contributed by atoms with E-state index in [-0.39, 0.29) is 0 Å². The van der Waals surface area contributed by atoms with Gasteiger partial charge in [0.1, 0.15) is 0 Å². The molecule has 0 aromatic rings. The summed E-state index contributed by atoms with van der Waals surface area (Å²) in [4.78, 5) is 0. The van der Waals surface area contributed by atoms with Gasteiger partial charge in [0.2, 0.25) is 0 Å². The monoisotopic (exact) mass is 142 g/mol. The van der Waals surface area contributed by atoms with Crippen LogP contribution >= 0.6 is 0 Å². The van der Waals surface area contributed by atoms with Gasteiger partial charge in [0.05, 0.1) is 0 Å². The molecule has 0 rings (SSSR count). The first kappa shape index (κ1) is 9.50. The zero-order valence-electron chi connectivity index (χ0n) is 6.77. The molecule has 60 valence electrons. The van der Waals surface area contributed by atoms with Gasteiger partial charge in [0.25, 0.3) is 0 Å². The van der Waals surface area contributed by atoms with E-state index < -0.39 is 0 Å². The highest BCUT2D eigenvalue weighted by Crippen LogP contribution is 2.00. The minimum atomic E-state index is 0.492. The maximum absolute atomic E-state index is 5.49. The average Bonchev–Trinajstić information content (AvgIpc) is 1.98. The zero-order chi connectivity index (χ0) is 7.82. The topological polar surface area (TPSA) is 52.0 Å². The normalized spacial score (nSPS) is 12.0. The predicted molar refractivity (Wildman–Crippen MR) is 45.5 cm³/mol. The highest BCUT2D eigenvalue weighted by atomic mass is 14.7. The van der Waals surface area contributed by atoms with Crippen molar-refractivity contribution in [3.63, 3.8) is 0 Å². The molecule has 0 amide bonds. The second-order valence-corrected chi connectivity index (χ2v) is 2.48. The zero-order valence-corrected chi connectivity index (χ0v) is 6.77. The van der Waals surface area contributed by atoms with Crippen molar-refractivity contribution in [2.75, 3.05) is 6.54 Å². The van der Waals surface area contributed by atoms with E-state index in [0.717, 1.165) is 12.1 Å². The van der Waals surface area contributed by atoms with Gasteiger partial charge in [0.15, 0.2) is 0 Å². The first-order valence-corrected chi connectivity index (χ1v) is 3.95. The van der Waals surface area contributed by atoms with Gasteiger partial charge in [0, 0.05) is 12.2 Å². The van der Waals surface area contributed by atoms with Crippen LogP contribution in [0.4, 0.5) is 0 Å². The van der Waals surface area contributed by atoms with Gasteiger partial charge in [-0.2, -0.15) is 0 Å². The van der Waals surface area contributed by atoms with Gasteiger partial charge in [-0.1, -0.05) is 25.8 Å². The van der Waals surface area contributed by atoms with Crippen molar-refractivity contribution in [2.45, 2.75) is 32.6 Å². The van der Waals surface area contributed by atoms with Crippen LogP contribution in [0.15, 0.2) is 11.8 Å². The molecule has 10 heavy (non-hydrogen) atoms. The maximum atomic E-state index is 5.49. The number of unbranched alkanes of at least 4 members (excludes halogenated alkanes) is 3. The van der Waals surface area contributed by atoms with E-state index in [0.29, 0.717) is 6.54 Å². The van der Waals surface area contributed by atoms with Gasteiger partial charge in [-0.15, -0.1) is 0 Å². The van der Waals surface area contributed by atoms with Crippen molar-refractivity contribution in [1.29, 1.82) is 0 Å². The van der Waals surface area contributed by atoms with E-state index >= 15 is 0 Å². The number of allylic oxidation sites excluding steroid dienone is 1. The summed E-state index contributed by atoms with van der Waals surface area (Å²) in [6.45, 7) is 2.68. The Morgan fingerprint density at radius 2 is 2.10 bits per heavy atom. The number of rotatable bonds is 5. The van der Waals surface area contributed by atoms with E-state index in [1.165, 1.54) is 19.3 Å². The molecule has 4 N–H and O–H groups in total. The van der Waals surface area contributed by atoms with Crippen molar-refractivity contribution in [2.24, 2.45) is 11.5 Å². The Labute approximate surface area is 63.3 Å². The van der Waals surface area contributed by atoms with Crippen LogP contribution in [0.25, 0.3) is 0 Å². The lowest BCUT2D eigenvalue weighted by atomic mass is 10.2. The lowest BCUT2D eigenvalue weighted by Gasteiger charge is -1.95. The molecule has 0 spiro atoms. The largest absolute Gasteiger partial charge is 0.401 e. The van der Waals surface area contributed by atoms with Gasteiger partial charge in [-0.3, -0.25) is 0 Å². The number of hydrogen-bond acceptors (Lipinski definition) is 2. The SMILES string of the molecule is CCCCCC=C(N)CN. The molecule has 0 saturated carbocycles. The molecule has 0 heterocycles. The molecule has 0 atom stereocenters. The third-order valence-electron chi connectivity index (χ3n) is 1.45.